The third kappa shape index (κ3) is 14.5. The number of hydrogen-bond donors (Lipinski definition) is 13. The summed E-state index contributed by atoms with van der Waals surface area (Å²) in [4.78, 5) is 103. The number of carbonyl (C=O) groups excluding carboxylic acids is 6. The van der Waals surface area contributed by atoms with Crippen LogP contribution in [-0.4, -0.2) is 142 Å². The van der Waals surface area contributed by atoms with Crippen LogP contribution in [0.25, 0.3) is 10.9 Å². The van der Waals surface area contributed by atoms with E-state index in [4.69, 9.17) is 16.9 Å². The number of amides is 6. The molecule has 6 amide bonds. The Bertz CT molecular complexity index is 2250. The molecule has 21 heteroatoms. The zero-order valence-corrected chi connectivity index (χ0v) is 38.1. The van der Waals surface area contributed by atoms with E-state index in [-0.39, 0.29) is 76.5 Å². The first-order chi connectivity index (χ1) is 32.6. The van der Waals surface area contributed by atoms with Crippen LogP contribution in [0.5, 0.6) is 0 Å². The number of aliphatic carboxylic acids is 1. The lowest BCUT2D eigenvalue weighted by atomic mass is 9.83. The van der Waals surface area contributed by atoms with Crippen molar-refractivity contribution in [3.05, 3.63) is 71.9 Å². The van der Waals surface area contributed by atoms with Gasteiger partial charge in [-0.05, 0) is 93.7 Å². The number of aromatic amines is 1. The van der Waals surface area contributed by atoms with Gasteiger partial charge in [-0.15, -0.1) is 0 Å². The summed E-state index contributed by atoms with van der Waals surface area (Å²) in [6.45, 7) is -0.363. The molecule has 0 bridgehead atoms. The molecule has 1 aromatic heterocycles. The molecule has 0 spiro atoms. The number of carboxylic acid groups (broad SMARTS) is 1. The van der Waals surface area contributed by atoms with Crippen LogP contribution in [0.15, 0.2) is 60.8 Å². The number of nitrogens with two attached hydrogens (primary N) is 2. The number of rotatable bonds is 15. The van der Waals surface area contributed by atoms with Gasteiger partial charge in [0.05, 0.1) is 18.7 Å². The molecule has 3 heterocycles. The third-order valence-corrected chi connectivity index (χ3v) is 13.0. The summed E-state index contributed by atoms with van der Waals surface area (Å²) in [6.07, 6.45) is 4.32. The Morgan fingerprint density at radius 1 is 0.868 bits per heavy atom. The maximum absolute atomic E-state index is 14.7. The number of carbonyl (C=O) groups is 7. The second-order valence-electron chi connectivity index (χ2n) is 18.2. The van der Waals surface area contributed by atoms with Crippen molar-refractivity contribution < 1.29 is 43.8 Å². The van der Waals surface area contributed by atoms with E-state index in [1.165, 1.54) is 4.90 Å². The van der Waals surface area contributed by atoms with Crippen LogP contribution in [0.3, 0.4) is 0 Å². The van der Waals surface area contributed by atoms with Crippen molar-refractivity contribution in [2.75, 3.05) is 26.2 Å². The van der Waals surface area contributed by atoms with Gasteiger partial charge in [0.2, 0.25) is 35.4 Å². The molecule has 2 aliphatic heterocycles. The highest BCUT2D eigenvalue weighted by atomic mass is 16.4. The predicted octanol–water partition coefficient (Wildman–Crippen LogP) is -1.02. The van der Waals surface area contributed by atoms with Crippen LogP contribution in [0.1, 0.15) is 75.3 Å². The van der Waals surface area contributed by atoms with Crippen molar-refractivity contribution >= 4 is 58.3 Å². The Kier molecular flexibility index (Phi) is 18.3. The van der Waals surface area contributed by atoms with Gasteiger partial charge in [-0.1, -0.05) is 48.5 Å². The molecule has 2 aromatic carbocycles. The number of nitrogens with one attached hydrogen (secondary N) is 9. The fourth-order valence-corrected chi connectivity index (χ4v) is 9.33. The van der Waals surface area contributed by atoms with Crippen molar-refractivity contribution in [2.24, 2.45) is 17.4 Å². The number of aromatic nitrogens is 1. The van der Waals surface area contributed by atoms with Crippen molar-refractivity contribution in [3.8, 4) is 0 Å². The van der Waals surface area contributed by atoms with E-state index in [0.717, 1.165) is 22.0 Å². The monoisotopic (exact) mass is 943 g/mol. The van der Waals surface area contributed by atoms with E-state index in [9.17, 15) is 43.8 Å². The Balaban J connectivity index is 1.33. The minimum Gasteiger partial charge on any atom is -0.480 e. The zero-order valence-electron chi connectivity index (χ0n) is 38.1. The molecule has 68 heavy (non-hydrogen) atoms. The molecule has 3 fully saturated rings. The average molecular weight is 943 g/mol. The van der Waals surface area contributed by atoms with Gasteiger partial charge < -0.3 is 63.5 Å². The molecular weight excluding hydrogens is 877 g/mol. The molecule has 15 N–H and O–H groups in total. The number of nitrogens with zero attached hydrogens (tertiary/aromatic N) is 1. The van der Waals surface area contributed by atoms with Gasteiger partial charge in [0, 0.05) is 49.2 Å². The van der Waals surface area contributed by atoms with Gasteiger partial charge in [-0.3, -0.25) is 44.3 Å². The number of guanidine groups is 1. The van der Waals surface area contributed by atoms with Crippen molar-refractivity contribution in [1.29, 1.82) is 5.41 Å². The van der Waals surface area contributed by atoms with E-state index in [0.29, 0.717) is 32.1 Å². The highest BCUT2D eigenvalue weighted by Gasteiger charge is 2.43. The number of hydrogen-bond acceptors (Lipinski definition) is 11. The van der Waals surface area contributed by atoms with Gasteiger partial charge in [0.15, 0.2) is 5.96 Å². The number of carboxylic acids is 1. The highest BCUT2D eigenvalue weighted by molar-refractivity contribution is 5.97. The predicted molar refractivity (Wildman–Crippen MR) is 251 cm³/mol. The largest absolute Gasteiger partial charge is 0.480 e. The zero-order chi connectivity index (χ0) is 48.7. The van der Waals surface area contributed by atoms with Crippen LogP contribution in [0.4, 0.5) is 0 Å². The molecule has 6 rings (SSSR count). The first kappa shape index (κ1) is 50.8. The quantitative estimate of drug-likeness (QED) is 0.0494. The van der Waals surface area contributed by atoms with Crippen LogP contribution >= 0.6 is 0 Å². The van der Waals surface area contributed by atoms with Gasteiger partial charge in [0.25, 0.3) is 0 Å². The van der Waals surface area contributed by atoms with E-state index >= 15 is 0 Å². The number of aliphatic hydroxyl groups excluding tert-OH is 1. The van der Waals surface area contributed by atoms with E-state index in [1.54, 1.807) is 36.5 Å². The molecule has 1 unspecified atom stereocenters. The molecule has 7 atom stereocenters. The topological polar surface area (TPSA) is 339 Å². The normalized spacial score (nSPS) is 26.0. The molecule has 3 aromatic rings. The number of para-hydroxylation sites is 1. The van der Waals surface area contributed by atoms with Gasteiger partial charge >= 0.3 is 5.97 Å². The smallest absolute Gasteiger partial charge is 0.317 e. The third-order valence-electron chi connectivity index (χ3n) is 13.0. The van der Waals surface area contributed by atoms with Crippen molar-refractivity contribution in [2.45, 2.75) is 125 Å². The summed E-state index contributed by atoms with van der Waals surface area (Å²) in [6, 6.07) is 8.76. The van der Waals surface area contributed by atoms with Gasteiger partial charge in [-0.25, -0.2) is 0 Å². The molecule has 0 radical (unpaired) electrons. The SMILES string of the molecule is N=C(N)NCCC[C@@H]1NC(=O)[C@H](Cc2c[nH]c3ccccc23)NC(=O)[C@@H](C[C@H]2CC[C@@H](O)CC2)NC(=O)[C@@H]2C[C@@H](N)CN2C(=O)[C@@H](NC(=O)C(Cc2ccccc2)NCC(=O)O)CCCNC1=O. The lowest BCUT2D eigenvalue weighted by Crippen LogP contribution is -2.60. The summed E-state index contributed by atoms with van der Waals surface area (Å²) >= 11 is 0. The summed E-state index contributed by atoms with van der Waals surface area (Å²) in [5.74, 6) is -5.35. The minimum absolute atomic E-state index is 0.0000649. The van der Waals surface area contributed by atoms with Crippen LogP contribution < -0.4 is 48.7 Å². The molecular formula is C47H66N12O9. The van der Waals surface area contributed by atoms with Gasteiger partial charge in [0.1, 0.15) is 30.2 Å². The van der Waals surface area contributed by atoms with E-state index in [1.807, 2.05) is 24.3 Å². The number of fused-ring (bicyclic) bond motifs is 2. The summed E-state index contributed by atoms with van der Waals surface area (Å²) in [7, 11) is 0. The minimum atomic E-state index is -1.25. The van der Waals surface area contributed by atoms with Crippen LogP contribution in [0.2, 0.25) is 0 Å². The second-order valence-corrected chi connectivity index (χ2v) is 18.2. The Morgan fingerprint density at radius 3 is 2.29 bits per heavy atom. The first-order valence-corrected chi connectivity index (χ1v) is 23.5. The molecule has 368 valence electrons. The Hall–Kier alpha value is -6.58. The van der Waals surface area contributed by atoms with Crippen molar-refractivity contribution in [3.63, 3.8) is 0 Å². The average Bonchev–Trinajstić information content (AvgIpc) is 3.92. The molecule has 2 saturated heterocycles. The summed E-state index contributed by atoms with van der Waals surface area (Å²) in [5.41, 5.74) is 14.2. The van der Waals surface area contributed by atoms with Crippen LogP contribution in [0, 0.1) is 11.3 Å². The van der Waals surface area contributed by atoms with E-state index in [2.05, 4.69) is 42.2 Å². The highest BCUT2D eigenvalue weighted by Crippen LogP contribution is 2.29. The fourth-order valence-electron chi connectivity index (χ4n) is 9.33. The first-order valence-electron chi connectivity index (χ1n) is 23.5. The Morgan fingerprint density at radius 2 is 1.56 bits per heavy atom. The molecule has 21 nitrogen and oxygen atoms in total. The summed E-state index contributed by atoms with van der Waals surface area (Å²) in [5, 5.41) is 47.9. The molecule has 1 saturated carbocycles. The molecule has 1 aliphatic carbocycles. The van der Waals surface area contributed by atoms with Gasteiger partial charge in [-0.2, -0.15) is 0 Å². The standard InChI is InChI=1S/C47H66N12O9/c48-30-23-39-45(67)58-37(21-28-14-16-31(60)17-15-28)43(65)57-38(22-29-24-53-33-11-5-4-10-32(29)33)44(66)55-34(12-6-19-52-47(49)50)41(63)51-18-7-13-35(46(68)59(39)26-30)56-42(64)36(54-25-40(61)62)20-27-8-2-1-3-9-27/h1-5,8-11,24,28,30-31,34-39,53-54,60H,6-7,12-23,25-26,48H2,(H,51,63)(H,55,66)(H,56,64)(H,57,65)(H,58,67)(H,61,62)(H4,49,50,52)/t28-,30-,31+,34+,35+,36?,37-,38+,39+/m1/s1. The maximum Gasteiger partial charge on any atom is 0.317 e. The Labute approximate surface area is 394 Å². The van der Waals surface area contributed by atoms with E-state index < -0.39 is 96.4 Å². The van der Waals surface area contributed by atoms with Crippen LogP contribution in [-0.2, 0) is 46.4 Å². The number of benzene rings is 2. The lowest BCUT2D eigenvalue weighted by molar-refractivity contribution is -0.143. The lowest BCUT2D eigenvalue weighted by Gasteiger charge is -2.33. The maximum atomic E-state index is 14.7. The molecule has 3 aliphatic rings. The number of H-pyrrole nitrogens is 1. The summed E-state index contributed by atoms with van der Waals surface area (Å²) < 4.78 is 0. The number of aliphatic hydroxyl groups is 1. The second kappa shape index (κ2) is 24.4. The fraction of sp³-hybridized carbons (Fsp3) is 0.532. The van der Waals surface area contributed by atoms with Crippen molar-refractivity contribution in [1.82, 2.24) is 47.1 Å².